The van der Waals surface area contributed by atoms with Gasteiger partial charge in [-0.3, -0.25) is 4.79 Å². The Morgan fingerprint density at radius 3 is 2.70 bits per heavy atom. The molecule has 2 N–H and O–H groups in total. The number of fused-ring (bicyclic) bond motifs is 1. The van der Waals surface area contributed by atoms with Gasteiger partial charge in [0.05, 0.1) is 11.2 Å². The molecule has 0 saturated carbocycles. The molecule has 1 amide bonds. The Morgan fingerprint density at radius 1 is 1.17 bits per heavy atom. The van der Waals surface area contributed by atoms with Crippen LogP contribution < -0.4 is 5.32 Å². The second-order valence-corrected chi connectivity index (χ2v) is 9.07. The summed E-state index contributed by atoms with van der Waals surface area (Å²) < 4.78 is 28.7. The van der Waals surface area contributed by atoms with Crippen molar-refractivity contribution < 1.29 is 13.2 Å². The van der Waals surface area contributed by atoms with Crippen LogP contribution in [0, 0.1) is 0 Å². The van der Waals surface area contributed by atoms with Crippen LogP contribution in [0.3, 0.4) is 0 Å². The molecule has 0 bridgehead atoms. The molecule has 0 saturated heterocycles. The van der Waals surface area contributed by atoms with Gasteiger partial charge < -0.3 is 14.9 Å². The van der Waals surface area contributed by atoms with Crippen LogP contribution in [-0.4, -0.2) is 35.4 Å². The third-order valence-electron chi connectivity index (χ3n) is 4.70. The van der Waals surface area contributed by atoms with Crippen molar-refractivity contribution in [3.63, 3.8) is 0 Å². The number of amides is 1. The summed E-state index contributed by atoms with van der Waals surface area (Å²) in [6.07, 6.45) is 5.91. The Hall–Kier alpha value is -3.10. The molecule has 2 aromatic carbocycles. The number of aromatic nitrogens is 3. The molecule has 2 aromatic heterocycles. The average Bonchev–Trinajstić information content (AvgIpc) is 3.39. The van der Waals surface area contributed by atoms with Crippen LogP contribution in [0.5, 0.6) is 0 Å². The maximum atomic E-state index is 13.4. The van der Waals surface area contributed by atoms with E-state index in [1.54, 1.807) is 48.9 Å². The molecular formula is C21H19ClN4O3S. The highest BCUT2D eigenvalue weighted by molar-refractivity contribution is 7.91. The average molecular weight is 443 g/mol. The van der Waals surface area contributed by atoms with Crippen LogP contribution in [0.15, 0.2) is 77.0 Å². The number of H-pyrrole nitrogens is 1. The lowest BCUT2D eigenvalue weighted by Crippen LogP contribution is -2.27. The highest BCUT2D eigenvalue weighted by atomic mass is 35.5. The van der Waals surface area contributed by atoms with Crippen molar-refractivity contribution in [2.75, 3.05) is 6.54 Å². The summed E-state index contributed by atoms with van der Waals surface area (Å²) in [5, 5.41) is 3.57. The lowest BCUT2D eigenvalue weighted by molar-refractivity contribution is 0.0945. The fourth-order valence-electron chi connectivity index (χ4n) is 3.27. The number of carbonyl (C=O) groups is 1. The number of halogens is 1. The normalized spacial score (nSPS) is 11.6. The standard InChI is InChI=1S/C21H19ClN4O3S/c22-15-7-8-18-17(13-15)20(30(28,29)16-5-2-1-3-6-16)19(25-18)21(27)24-9-4-11-26-12-10-23-14-26/h1-3,5-8,10,12-14,25H,4,9,11H2,(H,24,27). The number of sulfone groups is 1. The predicted molar refractivity (Wildman–Crippen MR) is 114 cm³/mol. The molecule has 30 heavy (non-hydrogen) atoms. The summed E-state index contributed by atoms with van der Waals surface area (Å²) in [5.41, 5.74) is 0.524. The Balaban J connectivity index is 1.67. The van der Waals surface area contributed by atoms with Gasteiger partial charge in [-0.2, -0.15) is 0 Å². The molecule has 0 unspecified atom stereocenters. The highest BCUT2D eigenvalue weighted by Gasteiger charge is 2.29. The van der Waals surface area contributed by atoms with Crippen molar-refractivity contribution in [2.45, 2.75) is 22.8 Å². The van der Waals surface area contributed by atoms with E-state index in [0.29, 0.717) is 35.4 Å². The van der Waals surface area contributed by atoms with Crippen molar-refractivity contribution in [3.8, 4) is 0 Å². The first-order chi connectivity index (χ1) is 14.5. The van der Waals surface area contributed by atoms with Gasteiger partial charge in [-0.25, -0.2) is 13.4 Å². The molecule has 154 valence electrons. The Labute approximate surface area is 178 Å². The molecule has 0 aliphatic carbocycles. The predicted octanol–water partition coefficient (Wildman–Crippen LogP) is 3.67. The molecule has 0 spiro atoms. The maximum Gasteiger partial charge on any atom is 0.269 e. The van der Waals surface area contributed by atoms with E-state index in [9.17, 15) is 13.2 Å². The summed E-state index contributed by atoms with van der Waals surface area (Å²) >= 11 is 6.11. The summed E-state index contributed by atoms with van der Waals surface area (Å²) in [6, 6.07) is 12.9. The first-order valence-electron chi connectivity index (χ1n) is 9.32. The van der Waals surface area contributed by atoms with E-state index < -0.39 is 15.7 Å². The van der Waals surface area contributed by atoms with Crippen LogP contribution in [0.2, 0.25) is 5.02 Å². The van der Waals surface area contributed by atoms with E-state index in [-0.39, 0.29) is 15.5 Å². The third kappa shape index (κ3) is 3.96. The van der Waals surface area contributed by atoms with Crippen molar-refractivity contribution >= 4 is 38.2 Å². The van der Waals surface area contributed by atoms with Gasteiger partial charge in [-0.15, -0.1) is 0 Å². The number of aryl methyl sites for hydroxylation is 1. The third-order valence-corrected chi connectivity index (χ3v) is 6.79. The van der Waals surface area contributed by atoms with Crippen molar-refractivity contribution in [2.24, 2.45) is 0 Å². The fourth-order valence-corrected chi connectivity index (χ4v) is 5.06. The molecule has 4 rings (SSSR count). The number of nitrogens with one attached hydrogen (secondary N) is 2. The second kappa shape index (κ2) is 8.33. The van der Waals surface area contributed by atoms with Crippen molar-refractivity contribution in [1.29, 1.82) is 0 Å². The quantitative estimate of drug-likeness (QED) is 0.427. The molecule has 2 heterocycles. The number of carbonyl (C=O) groups excluding carboxylic acids is 1. The van der Waals surface area contributed by atoms with E-state index in [2.05, 4.69) is 15.3 Å². The van der Waals surface area contributed by atoms with E-state index in [1.165, 1.54) is 12.1 Å². The zero-order valence-electron chi connectivity index (χ0n) is 15.9. The largest absolute Gasteiger partial charge is 0.351 e. The minimum Gasteiger partial charge on any atom is -0.351 e. The van der Waals surface area contributed by atoms with Crippen molar-refractivity contribution in [1.82, 2.24) is 19.9 Å². The summed E-state index contributed by atoms with van der Waals surface area (Å²) in [7, 11) is -3.94. The summed E-state index contributed by atoms with van der Waals surface area (Å²) in [5.74, 6) is -0.484. The van der Waals surface area contributed by atoms with Crippen LogP contribution in [-0.2, 0) is 16.4 Å². The number of nitrogens with zero attached hydrogens (tertiary/aromatic N) is 2. The Bertz CT molecular complexity index is 1280. The van der Waals surface area contributed by atoms with Gasteiger partial charge in [0.1, 0.15) is 10.6 Å². The van der Waals surface area contributed by atoms with Gasteiger partial charge in [0.15, 0.2) is 0 Å². The van der Waals surface area contributed by atoms with Crippen LogP contribution in [0.1, 0.15) is 16.9 Å². The van der Waals surface area contributed by atoms with E-state index in [0.717, 1.165) is 0 Å². The molecule has 4 aromatic rings. The number of hydrogen-bond acceptors (Lipinski definition) is 4. The zero-order chi connectivity index (χ0) is 21.1. The molecule has 9 heteroatoms. The lowest BCUT2D eigenvalue weighted by Gasteiger charge is -2.08. The first-order valence-corrected chi connectivity index (χ1v) is 11.2. The summed E-state index contributed by atoms with van der Waals surface area (Å²) in [4.78, 5) is 19.9. The van der Waals surface area contributed by atoms with Crippen LogP contribution in [0.25, 0.3) is 10.9 Å². The Kier molecular flexibility index (Phi) is 5.61. The van der Waals surface area contributed by atoms with Gasteiger partial charge in [-0.05, 0) is 36.8 Å². The monoisotopic (exact) mass is 442 g/mol. The molecule has 0 radical (unpaired) electrons. The molecular weight excluding hydrogens is 424 g/mol. The van der Waals surface area contributed by atoms with Gasteiger partial charge in [0, 0.05) is 41.4 Å². The number of hydrogen-bond donors (Lipinski definition) is 2. The van der Waals surface area contributed by atoms with E-state index in [4.69, 9.17) is 11.6 Å². The molecule has 0 aliphatic heterocycles. The van der Waals surface area contributed by atoms with E-state index >= 15 is 0 Å². The second-order valence-electron chi connectivity index (χ2n) is 6.75. The van der Waals surface area contributed by atoms with Crippen LogP contribution >= 0.6 is 11.6 Å². The zero-order valence-corrected chi connectivity index (χ0v) is 17.4. The molecule has 0 aliphatic rings. The van der Waals surface area contributed by atoms with Gasteiger partial charge in [-0.1, -0.05) is 29.8 Å². The molecule has 7 nitrogen and oxygen atoms in total. The number of imidazole rings is 1. The number of benzene rings is 2. The molecule has 0 fully saturated rings. The SMILES string of the molecule is O=C(NCCCn1ccnc1)c1[nH]c2ccc(Cl)cc2c1S(=O)(=O)c1ccccc1. The molecule has 0 atom stereocenters. The minimum atomic E-state index is -3.94. The highest BCUT2D eigenvalue weighted by Crippen LogP contribution is 2.33. The number of aromatic amines is 1. The fraction of sp³-hybridized carbons (Fsp3) is 0.143. The van der Waals surface area contributed by atoms with Gasteiger partial charge in [0.2, 0.25) is 9.84 Å². The maximum absolute atomic E-state index is 13.4. The minimum absolute atomic E-state index is 0.00116. The first kappa shape index (κ1) is 20.2. The summed E-state index contributed by atoms with van der Waals surface area (Å²) in [6.45, 7) is 1.08. The van der Waals surface area contributed by atoms with Gasteiger partial charge >= 0.3 is 0 Å². The smallest absolute Gasteiger partial charge is 0.269 e. The Morgan fingerprint density at radius 2 is 1.97 bits per heavy atom. The van der Waals surface area contributed by atoms with Gasteiger partial charge in [0.25, 0.3) is 5.91 Å². The topological polar surface area (TPSA) is 96.8 Å². The lowest BCUT2D eigenvalue weighted by atomic mass is 10.2. The number of rotatable bonds is 7. The van der Waals surface area contributed by atoms with E-state index in [1.807, 2.05) is 10.8 Å². The van der Waals surface area contributed by atoms with Crippen molar-refractivity contribution in [3.05, 3.63) is 78.0 Å². The van der Waals surface area contributed by atoms with Crippen LogP contribution in [0.4, 0.5) is 0 Å².